The second-order valence-electron chi connectivity index (χ2n) is 4.58. The zero-order valence-electron chi connectivity index (χ0n) is 12.5. The van der Waals surface area contributed by atoms with Crippen LogP contribution in [0.1, 0.15) is 12.5 Å². The van der Waals surface area contributed by atoms with Gasteiger partial charge in [-0.2, -0.15) is 5.10 Å². The molecule has 0 radical (unpaired) electrons. The van der Waals surface area contributed by atoms with Crippen molar-refractivity contribution in [1.82, 2.24) is 5.43 Å². The van der Waals surface area contributed by atoms with E-state index in [0.717, 1.165) is 11.3 Å². The Morgan fingerprint density at radius 2 is 1.86 bits per heavy atom. The average molecular weight is 298 g/mol. The maximum Gasteiger partial charge on any atom is 0.280 e. The molecular formula is C17H18N2O3. The van der Waals surface area contributed by atoms with Crippen molar-refractivity contribution in [2.45, 2.75) is 13.0 Å². The molecule has 1 atom stereocenters. The molecular weight excluding hydrogens is 280 g/mol. The minimum absolute atomic E-state index is 0.317. The Kier molecular flexibility index (Phi) is 5.54. The van der Waals surface area contributed by atoms with E-state index in [9.17, 15) is 4.79 Å². The smallest absolute Gasteiger partial charge is 0.280 e. The van der Waals surface area contributed by atoms with Crippen LogP contribution in [0.3, 0.4) is 0 Å². The van der Waals surface area contributed by atoms with E-state index in [1.165, 1.54) is 0 Å². The molecule has 22 heavy (non-hydrogen) atoms. The van der Waals surface area contributed by atoms with Gasteiger partial charge in [-0.25, -0.2) is 5.43 Å². The maximum absolute atomic E-state index is 11.9. The maximum atomic E-state index is 11.9. The number of methoxy groups -OCH3 is 1. The molecule has 0 heterocycles. The van der Waals surface area contributed by atoms with Crippen molar-refractivity contribution < 1.29 is 14.3 Å². The fraction of sp³-hybridized carbons (Fsp3) is 0.176. The van der Waals surface area contributed by atoms with Crippen LogP contribution in [0.15, 0.2) is 59.7 Å². The number of rotatable bonds is 6. The Bertz CT molecular complexity index is 641. The topological polar surface area (TPSA) is 59.9 Å². The fourth-order valence-electron chi connectivity index (χ4n) is 1.74. The number of carbonyl (C=O) groups excluding carboxylic acids is 1. The highest BCUT2D eigenvalue weighted by Gasteiger charge is 2.13. The molecule has 2 rings (SSSR count). The van der Waals surface area contributed by atoms with Crippen molar-refractivity contribution in [2.75, 3.05) is 7.11 Å². The Hall–Kier alpha value is -2.82. The molecule has 1 unspecified atom stereocenters. The van der Waals surface area contributed by atoms with Gasteiger partial charge >= 0.3 is 0 Å². The molecule has 0 aliphatic heterocycles. The number of nitrogens with one attached hydrogen (secondary N) is 1. The van der Waals surface area contributed by atoms with Crippen LogP contribution in [0.4, 0.5) is 0 Å². The lowest BCUT2D eigenvalue weighted by Gasteiger charge is -2.12. The summed E-state index contributed by atoms with van der Waals surface area (Å²) in [4.78, 5) is 11.9. The van der Waals surface area contributed by atoms with Crippen LogP contribution >= 0.6 is 0 Å². The zero-order chi connectivity index (χ0) is 15.8. The second-order valence-corrected chi connectivity index (χ2v) is 4.58. The van der Waals surface area contributed by atoms with Crippen molar-refractivity contribution >= 4 is 12.1 Å². The first-order valence-corrected chi connectivity index (χ1v) is 6.87. The number of hydrogen-bond acceptors (Lipinski definition) is 4. The van der Waals surface area contributed by atoms with Crippen molar-refractivity contribution in [3.05, 3.63) is 60.2 Å². The summed E-state index contributed by atoms with van der Waals surface area (Å²) in [6, 6.07) is 16.5. The SMILES string of the molecule is COc1cccc(/C=N/NC(=O)C(C)Oc2ccccc2)c1. The first kappa shape index (κ1) is 15.6. The van der Waals surface area contributed by atoms with Crippen molar-refractivity contribution in [2.24, 2.45) is 5.10 Å². The molecule has 0 fully saturated rings. The Morgan fingerprint density at radius 3 is 2.59 bits per heavy atom. The first-order chi connectivity index (χ1) is 10.7. The predicted molar refractivity (Wildman–Crippen MR) is 85.3 cm³/mol. The van der Waals surface area contributed by atoms with Crippen LogP contribution in [-0.4, -0.2) is 25.3 Å². The molecule has 114 valence electrons. The van der Waals surface area contributed by atoms with E-state index < -0.39 is 6.10 Å². The highest BCUT2D eigenvalue weighted by atomic mass is 16.5. The lowest BCUT2D eigenvalue weighted by molar-refractivity contribution is -0.127. The molecule has 2 aromatic rings. The monoisotopic (exact) mass is 298 g/mol. The molecule has 0 aliphatic rings. The van der Waals surface area contributed by atoms with Gasteiger partial charge in [0.2, 0.25) is 0 Å². The molecule has 0 aromatic heterocycles. The van der Waals surface area contributed by atoms with E-state index in [0.29, 0.717) is 5.75 Å². The lowest BCUT2D eigenvalue weighted by Crippen LogP contribution is -2.33. The Labute approximate surface area is 129 Å². The van der Waals surface area contributed by atoms with Crippen LogP contribution in [0.5, 0.6) is 11.5 Å². The van der Waals surface area contributed by atoms with Gasteiger partial charge in [-0.1, -0.05) is 30.3 Å². The fourth-order valence-corrected chi connectivity index (χ4v) is 1.74. The molecule has 0 saturated heterocycles. The van der Waals surface area contributed by atoms with Crippen LogP contribution in [0.2, 0.25) is 0 Å². The van der Waals surface area contributed by atoms with Gasteiger partial charge in [-0.05, 0) is 36.8 Å². The third kappa shape index (κ3) is 4.63. The molecule has 5 nitrogen and oxygen atoms in total. The summed E-state index contributed by atoms with van der Waals surface area (Å²) in [7, 11) is 1.60. The summed E-state index contributed by atoms with van der Waals surface area (Å²) in [6.45, 7) is 1.67. The van der Waals surface area contributed by atoms with Crippen molar-refractivity contribution in [1.29, 1.82) is 0 Å². The number of para-hydroxylation sites is 1. The summed E-state index contributed by atoms with van der Waals surface area (Å²) in [5, 5.41) is 3.92. The van der Waals surface area contributed by atoms with E-state index in [1.807, 2.05) is 42.5 Å². The van der Waals surface area contributed by atoms with E-state index in [-0.39, 0.29) is 5.91 Å². The second kappa shape index (κ2) is 7.83. The number of carbonyl (C=O) groups is 1. The summed E-state index contributed by atoms with van der Waals surface area (Å²) >= 11 is 0. The predicted octanol–water partition coefficient (Wildman–Crippen LogP) is 2.61. The van der Waals surface area contributed by atoms with Gasteiger partial charge in [0, 0.05) is 0 Å². The van der Waals surface area contributed by atoms with Crippen LogP contribution in [0, 0.1) is 0 Å². The van der Waals surface area contributed by atoms with Gasteiger partial charge < -0.3 is 9.47 Å². The van der Waals surface area contributed by atoms with Gasteiger partial charge in [0.15, 0.2) is 6.10 Å². The molecule has 0 bridgehead atoms. The normalized spacial score (nSPS) is 11.9. The lowest BCUT2D eigenvalue weighted by atomic mass is 10.2. The zero-order valence-corrected chi connectivity index (χ0v) is 12.5. The first-order valence-electron chi connectivity index (χ1n) is 6.87. The highest BCUT2D eigenvalue weighted by molar-refractivity contribution is 5.84. The quantitative estimate of drug-likeness (QED) is 0.659. The molecule has 5 heteroatoms. The molecule has 2 aromatic carbocycles. The van der Waals surface area contributed by atoms with Gasteiger partial charge in [-0.15, -0.1) is 0 Å². The Morgan fingerprint density at radius 1 is 1.14 bits per heavy atom. The van der Waals surface area contributed by atoms with Crippen LogP contribution in [0.25, 0.3) is 0 Å². The average Bonchev–Trinajstić information content (AvgIpc) is 2.56. The largest absolute Gasteiger partial charge is 0.497 e. The number of ether oxygens (including phenoxy) is 2. The molecule has 0 aliphatic carbocycles. The van der Waals surface area contributed by atoms with Gasteiger partial charge in [0.25, 0.3) is 5.91 Å². The van der Waals surface area contributed by atoms with Crippen molar-refractivity contribution in [3.63, 3.8) is 0 Å². The van der Waals surface area contributed by atoms with E-state index >= 15 is 0 Å². The summed E-state index contributed by atoms with van der Waals surface area (Å²) in [5.74, 6) is 1.06. The molecule has 0 spiro atoms. The van der Waals surface area contributed by atoms with Gasteiger partial charge in [-0.3, -0.25) is 4.79 Å². The number of nitrogens with zero attached hydrogens (tertiary/aromatic N) is 1. The summed E-state index contributed by atoms with van der Waals surface area (Å²) in [6.07, 6.45) is 0.917. The van der Waals surface area contributed by atoms with Gasteiger partial charge in [0.1, 0.15) is 11.5 Å². The molecule has 0 saturated carbocycles. The standard InChI is InChI=1S/C17H18N2O3/c1-13(22-15-8-4-3-5-9-15)17(20)19-18-12-14-7-6-10-16(11-14)21-2/h3-13H,1-2H3,(H,19,20)/b18-12+. The van der Waals surface area contributed by atoms with Crippen LogP contribution < -0.4 is 14.9 Å². The molecule has 1 N–H and O–H groups in total. The molecule has 1 amide bonds. The third-order valence-electron chi connectivity index (χ3n) is 2.91. The third-order valence-corrected chi connectivity index (χ3v) is 2.91. The minimum Gasteiger partial charge on any atom is -0.497 e. The Balaban J connectivity index is 1.87. The number of hydrogen-bond donors (Lipinski definition) is 1. The number of amides is 1. The van der Waals surface area contributed by atoms with E-state index in [1.54, 1.807) is 32.4 Å². The summed E-state index contributed by atoms with van der Waals surface area (Å²) < 4.78 is 10.6. The van der Waals surface area contributed by atoms with E-state index in [2.05, 4.69) is 10.5 Å². The van der Waals surface area contributed by atoms with Crippen LogP contribution in [-0.2, 0) is 4.79 Å². The number of benzene rings is 2. The highest BCUT2D eigenvalue weighted by Crippen LogP contribution is 2.11. The van der Waals surface area contributed by atoms with Gasteiger partial charge in [0.05, 0.1) is 13.3 Å². The summed E-state index contributed by atoms with van der Waals surface area (Å²) in [5.41, 5.74) is 3.28. The minimum atomic E-state index is -0.634. The van der Waals surface area contributed by atoms with E-state index in [4.69, 9.17) is 9.47 Å². The number of hydrazone groups is 1. The van der Waals surface area contributed by atoms with Crippen molar-refractivity contribution in [3.8, 4) is 11.5 Å².